The van der Waals surface area contributed by atoms with Crippen LogP contribution < -0.4 is 10.6 Å². The topological polar surface area (TPSA) is 0 Å². The quantitative estimate of drug-likeness (QED) is 0.712. The Morgan fingerprint density at radius 3 is 1.39 bits per heavy atom. The van der Waals surface area contributed by atoms with Crippen molar-refractivity contribution in [2.75, 3.05) is 0 Å². The van der Waals surface area contributed by atoms with Gasteiger partial charge in [-0.2, -0.15) is 0 Å². The summed E-state index contributed by atoms with van der Waals surface area (Å²) in [5, 5.41) is 2.88. The Morgan fingerprint density at radius 1 is 0.611 bits per heavy atom. The maximum absolute atomic E-state index is 2.24. The van der Waals surface area contributed by atoms with E-state index >= 15 is 0 Å². The summed E-state index contributed by atoms with van der Waals surface area (Å²) >= 11 is 0. The lowest BCUT2D eigenvalue weighted by Gasteiger charge is -2.10. The first-order valence-electron chi connectivity index (χ1n) is 6.14. The third-order valence-corrected chi connectivity index (χ3v) is 6.51. The highest BCUT2D eigenvalue weighted by atomic mass is 32.0. The number of hydrogen-bond donors (Lipinski definition) is 0. The zero-order valence-corrected chi connectivity index (χ0v) is 13.1. The minimum absolute atomic E-state index is 1.38. The molecule has 2 heteroatoms. The largest absolute Gasteiger partial charge is 0.0613 e. The summed E-state index contributed by atoms with van der Waals surface area (Å²) in [5.41, 5.74) is 5.63. The second-order valence-electron chi connectivity index (χ2n) is 4.64. The van der Waals surface area contributed by atoms with Crippen LogP contribution in [0.4, 0.5) is 0 Å². The zero-order chi connectivity index (χ0) is 13.1. The Bertz CT molecular complexity index is 508. The van der Waals surface area contributed by atoms with Crippen LogP contribution in [0.1, 0.15) is 22.3 Å². The van der Waals surface area contributed by atoms with Crippen molar-refractivity contribution in [3.63, 3.8) is 0 Å². The first-order valence-corrected chi connectivity index (χ1v) is 8.63. The van der Waals surface area contributed by atoms with Gasteiger partial charge in [0.25, 0.3) is 0 Å². The van der Waals surface area contributed by atoms with E-state index in [-0.39, 0.29) is 0 Å². The Balaban J connectivity index is 2.17. The van der Waals surface area contributed by atoms with Crippen LogP contribution in [0.15, 0.2) is 36.4 Å². The van der Waals surface area contributed by atoms with E-state index in [1.54, 1.807) is 0 Å². The Morgan fingerprint density at radius 2 is 1.00 bits per heavy atom. The third kappa shape index (κ3) is 3.00. The van der Waals surface area contributed by atoms with Gasteiger partial charge in [-0.3, -0.25) is 0 Å². The molecule has 18 heavy (non-hydrogen) atoms. The third-order valence-electron chi connectivity index (χ3n) is 3.42. The maximum atomic E-state index is 2.24. The molecule has 0 aliphatic heterocycles. The lowest BCUT2D eigenvalue weighted by atomic mass is 10.1. The minimum Gasteiger partial charge on any atom is -0.0613 e. The minimum atomic E-state index is 1.38. The van der Waals surface area contributed by atoms with Crippen LogP contribution in [-0.4, -0.2) is 0 Å². The molecule has 0 atom stereocenters. The van der Waals surface area contributed by atoms with Crippen molar-refractivity contribution >= 4 is 27.1 Å². The van der Waals surface area contributed by atoms with Crippen molar-refractivity contribution in [3.8, 4) is 0 Å². The van der Waals surface area contributed by atoms with Crippen molar-refractivity contribution in [3.05, 3.63) is 58.7 Å². The highest BCUT2D eigenvalue weighted by molar-refractivity contribution is 8.18. The second-order valence-corrected chi connectivity index (χ2v) is 7.20. The summed E-state index contributed by atoms with van der Waals surface area (Å²) in [5.74, 6) is 0. The van der Waals surface area contributed by atoms with Crippen LogP contribution in [0.3, 0.4) is 0 Å². The smallest absolute Gasteiger partial charge is 0.00533 e. The summed E-state index contributed by atoms with van der Waals surface area (Å²) in [6.07, 6.45) is 0. The normalized spacial score (nSPS) is 12.0. The summed E-state index contributed by atoms with van der Waals surface area (Å²) in [7, 11) is 2.75. The fourth-order valence-corrected chi connectivity index (χ4v) is 4.92. The van der Waals surface area contributed by atoms with Gasteiger partial charge in [0, 0.05) is 0 Å². The number of hydrogen-bond acceptors (Lipinski definition) is 0. The van der Waals surface area contributed by atoms with Crippen molar-refractivity contribution in [2.24, 2.45) is 0 Å². The van der Waals surface area contributed by atoms with E-state index in [2.05, 4.69) is 64.1 Å². The van der Waals surface area contributed by atoms with Gasteiger partial charge in [-0.15, -0.1) is 0 Å². The molecule has 0 heterocycles. The first-order chi connectivity index (χ1) is 8.59. The molecule has 2 aromatic carbocycles. The van der Waals surface area contributed by atoms with Gasteiger partial charge in [0.15, 0.2) is 0 Å². The van der Waals surface area contributed by atoms with Gasteiger partial charge in [0.1, 0.15) is 0 Å². The first kappa shape index (κ1) is 13.7. The van der Waals surface area contributed by atoms with Crippen LogP contribution in [0.5, 0.6) is 0 Å². The molecule has 0 bridgehead atoms. The van der Waals surface area contributed by atoms with Crippen LogP contribution in [0.25, 0.3) is 0 Å². The zero-order valence-electron chi connectivity index (χ0n) is 11.4. The van der Waals surface area contributed by atoms with E-state index in [0.29, 0.717) is 0 Å². The van der Waals surface area contributed by atoms with Gasteiger partial charge in [-0.05, 0) is 77.1 Å². The average molecular weight is 272 g/mol. The van der Waals surface area contributed by atoms with Crippen molar-refractivity contribution < 1.29 is 0 Å². The van der Waals surface area contributed by atoms with Gasteiger partial charge < -0.3 is 0 Å². The predicted octanol–water partition coefficient (Wildman–Crippen LogP) is 4.68. The van der Waals surface area contributed by atoms with Gasteiger partial charge >= 0.3 is 0 Å². The van der Waals surface area contributed by atoms with E-state index in [1.165, 1.54) is 49.4 Å². The van der Waals surface area contributed by atoms with E-state index < -0.39 is 0 Å². The van der Waals surface area contributed by atoms with Gasteiger partial charge in [0.2, 0.25) is 0 Å². The SMILES string of the molecule is Cc1cccc([P][P]c2cccc(C)c2C)c1C. The van der Waals surface area contributed by atoms with Gasteiger partial charge in [-0.25, -0.2) is 0 Å². The Kier molecular flexibility index (Phi) is 4.55. The molecule has 0 nitrogen and oxygen atoms in total. The summed E-state index contributed by atoms with van der Waals surface area (Å²) in [6, 6.07) is 13.2. The fourth-order valence-electron chi connectivity index (χ4n) is 1.80. The van der Waals surface area contributed by atoms with Crippen molar-refractivity contribution in [1.29, 1.82) is 0 Å². The number of rotatable bonds is 3. The molecule has 2 rings (SSSR count). The van der Waals surface area contributed by atoms with E-state index in [1.807, 2.05) is 0 Å². The molecule has 2 aromatic rings. The van der Waals surface area contributed by atoms with Crippen LogP contribution in [-0.2, 0) is 0 Å². The van der Waals surface area contributed by atoms with Crippen LogP contribution in [0.2, 0.25) is 0 Å². The number of benzene rings is 2. The standard InChI is InChI=1S/C16H18P2/c1-11-7-5-9-15(13(11)3)17-18-16-10-6-8-12(2)14(16)4/h5-10H,1-4H3. The molecular formula is C16H18P2. The maximum Gasteiger partial charge on any atom is -0.00533 e. The molecule has 92 valence electrons. The van der Waals surface area contributed by atoms with E-state index in [4.69, 9.17) is 0 Å². The lowest BCUT2D eigenvalue weighted by Crippen LogP contribution is -2.04. The molecule has 0 N–H and O–H groups in total. The molecule has 0 saturated heterocycles. The highest BCUT2D eigenvalue weighted by Crippen LogP contribution is 2.37. The van der Waals surface area contributed by atoms with Crippen molar-refractivity contribution in [1.82, 2.24) is 0 Å². The molecule has 0 spiro atoms. The molecule has 0 unspecified atom stereocenters. The molecule has 0 aliphatic rings. The summed E-state index contributed by atoms with van der Waals surface area (Å²) in [6.45, 7) is 8.80. The predicted molar refractivity (Wildman–Crippen MR) is 84.9 cm³/mol. The van der Waals surface area contributed by atoms with Crippen molar-refractivity contribution in [2.45, 2.75) is 27.7 Å². The van der Waals surface area contributed by atoms with Crippen LogP contribution >= 0.6 is 16.5 Å². The monoisotopic (exact) mass is 272 g/mol. The molecule has 0 aliphatic carbocycles. The average Bonchev–Trinajstić information content (AvgIpc) is 2.36. The Hall–Kier alpha value is -0.700. The molecule has 0 fully saturated rings. The summed E-state index contributed by atoms with van der Waals surface area (Å²) < 4.78 is 0. The summed E-state index contributed by atoms with van der Waals surface area (Å²) in [4.78, 5) is 0. The lowest BCUT2D eigenvalue weighted by molar-refractivity contribution is 1.37. The fraction of sp³-hybridized carbons (Fsp3) is 0.250. The van der Waals surface area contributed by atoms with Gasteiger partial charge in [-0.1, -0.05) is 36.4 Å². The molecule has 0 amide bonds. The highest BCUT2D eigenvalue weighted by Gasteiger charge is 2.05. The molecule has 0 aromatic heterocycles. The second kappa shape index (κ2) is 5.96. The number of aryl methyl sites for hydroxylation is 2. The van der Waals surface area contributed by atoms with E-state index in [0.717, 1.165) is 0 Å². The molecule has 0 saturated carbocycles. The molecule has 2 radical (unpaired) electrons. The van der Waals surface area contributed by atoms with Crippen LogP contribution in [0, 0.1) is 27.7 Å². The van der Waals surface area contributed by atoms with E-state index in [9.17, 15) is 0 Å². The molecular weight excluding hydrogens is 254 g/mol. The van der Waals surface area contributed by atoms with Gasteiger partial charge in [0.05, 0.1) is 0 Å². The Labute approximate surface area is 114 Å².